The molecule has 1 unspecified atom stereocenters. The maximum absolute atomic E-state index is 10.5. The van der Waals surface area contributed by atoms with Crippen molar-refractivity contribution >= 4 is 17.5 Å². The van der Waals surface area contributed by atoms with Gasteiger partial charge < -0.3 is 9.84 Å². The topological polar surface area (TPSA) is 80.7 Å². The van der Waals surface area contributed by atoms with Gasteiger partial charge in [-0.3, -0.25) is 14.4 Å². The highest BCUT2D eigenvalue weighted by Gasteiger charge is 2.21. The van der Waals surface area contributed by atoms with Gasteiger partial charge in [0.15, 0.2) is 0 Å². The van der Waals surface area contributed by atoms with Crippen molar-refractivity contribution in [3.05, 3.63) is 0 Å². The minimum atomic E-state index is -1.95. The first-order valence-electron chi connectivity index (χ1n) is 2.85. The molecule has 0 aliphatic carbocycles. The van der Waals surface area contributed by atoms with Crippen molar-refractivity contribution in [2.24, 2.45) is 0 Å². The zero-order valence-electron chi connectivity index (χ0n) is 6.16. The number of Topliss-reactive ketones (excluding diaryl/α,β-unsaturated/α-hetero) is 2. The van der Waals surface area contributed by atoms with Crippen LogP contribution in [0.5, 0.6) is 0 Å². The van der Waals surface area contributed by atoms with Crippen molar-refractivity contribution < 1.29 is 24.2 Å². The molecule has 0 bridgehead atoms. The van der Waals surface area contributed by atoms with Gasteiger partial charge in [-0.2, -0.15) is 0 Å². The lowest BCUT2D eigenvalue weighted by atomic mass is 10.3. The summed E-state index contributed by atoms with van der Waals surface area (Å²) in [5, 5.41) is 8.65. The van der Waals surface area contributed by atoms with E-state index in [-0.39, 0.29) is 0 Å². The van der Waals surface area contributed by atoms with E-state index < -0.39 is 23.8 Å². The fraction of sp³-hybridized carbons (Fsp3) is 0.500. The van der Waals surface area contributed by atoms with Crippen LogP contribution in [0.25, 0.3) is 0 Å². The number of esters is 1. The van der Waals surface area contributed by atoms with Crippen LogP contribution in [-0.2, 0) is 19.1 Å². The maximum atomic E-state index is 10.5. The second-order valence-electron chi connectivity index (χ2n) is 1.88. The van der Waals surface area contributed by atoms with E-state index in [1.165, 1.54) is 0 Å². The van der Waals surface area contributed by atoms with Gasteiger partial charge in [-0.25, -0.2) is 0 Å². The van der Waals surface area contributed by atoms with Gasteiger partial charge in [0.2, 0.25) is 5.78 Å². The third-order valence-corrected chi connectivity index (χ3v) is 0.849. The Labute approximate surface area is 63.0 Å². The molecule has 1 N–H and O–H groups in total. The zero-order chi connectivity index (χ0) is 9.02. The molecular formula is C6H8O5. The molecule has 5 heteroatoms. The molecule has 11 heavy (non-hydrogen) atoms. The number of aliphatic hydroxyl groups is 1. The van der Waals surface area contributed by atoms with Gasteiger partial charge in [-0.1, -0.05) is 0 Å². The molecule has 0 spiro atoms. The lowest BCUT2D eigenvalue weighted by molar-refractivity contribution is -0.174. The molecule has 0 heterocycles. The molecule has 5 nitrogen and oxygen atoms in total. The van der Waals surface area contributed by atoms with Gasteiger partial charge in [-0.05, 0) is 0 Å². The average Bonchev–Trinajstić information content (AvgIpc) is 1.84. The third kappa shape index (κ3) is 3.47. The zero-order valence-corrected chi connectivity index (χ0v) is 6.16. The number of ether oxygens (including phenoxy) is 1. The van der Waals surface area contributed by atoms with E-state index in [0.717, 1.165) is 13.8 Å². The normalized spacial score (nSPS) is 11.9. The van der Waals surface area contributed by atoms with Gasteiger partial charge in [0.1, 0.15) is 0 Å². The van der Waals surface area contributed by atoms with Crippen LogP contribution in [0.4, 0.5) is 0 Å². The van der Waals surface area contributed by atoms with Gasteiger partial charge in [0.05, 0.1) is 0 Å². The van der Waals surface area contributed by atoms with Crippen molar-refractivity contribution in [1.82, 2.24) is 0 Å². The number of carbonyl (C=O) groups excluding carboxylic acids is 3. The fourth-order valence-corrected chi connectivity index (χ4v) is 0.385. The molecule has 0 aromatic heterocycles. The van der Waals surface area contributed by atoms with E-state index >= 15 is 0 Å². The van der Waals surface area contributed by atoms with Crippen LogP contribution >= 0.6 is 0 Å². The van der Waals surface area contributed by atoms with E-state index in [1.54, 1.807) is 0 Å². The number of hydrogen-bond acceptors (Lipinski definition) is 5. The van der Waals surface area contributed by atoms with Crippen LogP contribution < -0.4 is 0 Å². The van der Waals surface area contributed by atoms with Crippen LogP contribution in [0.2, 0.25) is 0 Å². The molecule has 0 aromatic carbocycles. The number of aliphatic hydroxyl groups excluding tert-OH is 1. The molecule has 0 rings (SSSR count). The molecule has 0 aliphatic rings. The highest BCUT2D eigenvalue weighted by Crippen LogP contribution is 1.90. The van der Waals surface area contributed by atoms with E-state index in [4.69, 9.17) is 5.11 Å². The predicted octanol–water partition coefficient (Wildman–Crippen LogP) is -0.974. The van der Waals surface area contributed by atoms with Gasteiger partial charge >= 0.3 is 5.97 Å². The van der Waals surface area contributed by atoms with E-state index in [0.29, 0.717) is 0 Å². The Morgan fingerprint density at radius 2 is 1.73 bits per heavy atom. The quantitative estimate of drug-likeness (QED) is 0.326. The Hall–Kier alpha value is -1.23. The SMILES string of the molecule is CC(=O)OC(O)C(=O)C(C)=O. The lowest BCUT2D eigenvalue weighted by Crippen LogP contribution is -2.30. The molecule has 0 fully saturated rings. The molecule has 0 saturated carbocycles. The third-order valence-electron chi connectivity index (χ3n) is 0.849. The minimum Gasteiger partial charge on any atom is -0.428 e. The van der Waals surface area contributed by atoms with Crippen LogP contribution in [0.3, 0.4) is 0 Å². The van der Waals surface area contributed by atoms with Crippen LogP contribution in [0.1, 0.15) is 13.8 Å². The maximum Gasteiger partial charge on any atom is 0.305 e. The number of carbonyl (C=O) groups is 3. The molecule has 0 aromatic rings. The first-order valence-corrected chi connectivity index (χ1v) is 2.85. The molecule has 0 aliphatic heterocycles. The van der Waals surface area contributed by atoms with Crippen LogP contribution in [-0.4, -0.2) is 28.9 Å². The van der Waals surface area contributed by atoms with Crippen molar-refractivity contribution in [2.45, 2.75) is 20.1 Å². The summed E-state index contributed by atoms with van der Waals surface area (Å²) < 4.78 is 4.02. The molecule has 0 radical (unpaired) electrons. The van der Waals surface area contributed by atoms with Gasteiger partial charge in [-0.15, -0.1) is 0 Å². The fourth-order valence-electron chi connectivity index (χ4n) is 0.385. The second kappa shape index (κ2) is 3.82. The smallest absolute Gasteiger partial charge is 0.305 e. The van der Waals surface area contributed by atoms with Crippen molar-refractivity contribution in [3.8, 4) is 0 Å². The summed E-state index contributed by atoms with van der Waals surface area (Å²) >= 11 is 0. The average molecular weight is 160 g/mol. The molecule has 0 amide bonds. The summed E-state index contributed by atoms with van der Waals surface area (Å²) in [7, 11) is 0. The Morgan fingerprint density at radius 3 is 2.00 bits per heavy atom. The first kappa shape index (κ1) is 9.77. The molecule has 62 valence electrons. The lowest BCUT2D eigenvalue weighted by Gasteiger charge is -2.05. The molecular weight excluding hydrogens is 152 g/mol. The summed E-state index contributed by atoms with van der Waals surface area (Å²) in [5.41, 5.74) is 0. The van der Waals surface area contributed by atoms with Crippen molar-refractivity contribution in [3.63, 3.8) is 0 Å². The van der Waals surface area contributed by atoms with Crippen molar-refractivity contribution in [1.29, 1.82) is 0 Å². The summed E-state index contributed by atoms with van der Waals surface area (Å²) in [4.78, 5) is 30.9. The Balaban J connectivity index is 4.03. The summed E-state index contributed by atoms with van der Waals surface area (Å²) in [6, 6.07) is 0. The van der Waals surface area contributed by atoms with Crippen LogP contribution in [0.15, 0.2) is 0 Å². The number of rotatable bonds is 3. The van der Waals surface area contributed by atoms with E-state index in [1.807, 2.05) is 0 Å². The highest BCUT2D eigenvalue weighted by molar-refractivity contribution is 6.37. The van der Waals surface area contributed by atoms with Gasteiger partial charge in [0.25, 0.3) is 12.1 Å². The standard InChI is InChI=1S/C6H8O5/c1-3(7)5(9)6(10)11-4(2)8/h6,10H,1-2H3. The number of hydrogen-bond donors (Lipinski definition) is 1. The summed E-state index contributed by atoms with van der Waals surface area (Å²) in [5.74, 6) is -2.79. The monoisotopic (exact) mass is 160 g/mol. The predicted molar refractivity (Wildman–Crippen MR) is 33.5 cm³/mol. The number of ketones is 2. The van der Waals surface area contributed by atoms with Crippen molar-refractivity contribution in [2.75, 3.05) is 0 Å². The second-order valence-corrected chi connectivity index (χ2v) is 1.88. The molecule has 1 atom stereocenters. The summed E-state index contributed by atoms with van der Waals surface area (Å²) in [6.07, 6.45) is -1.95. The van der Waals surface area contributed by atoms with Gasteiger partial charge in [0, 0.05) is 13.8 Å². The molecule has 0 saturated heterocycles. The van der Waals surface area contributed by atoms with Crippen LogP contribution in [0, 0.1) is 0 Å². The van der Waals surface area contributed by atoms with E-state index in [9.17, 15) is 14.4 Å². The largest absolute Gasteiger partial charge is 0.428 e. The minimum absolute atomic E-state index is 0.813. The first-order chi connectivity index (χ1) is 4.95. The Bertz CT molecular complexity index is 195. The Kier molecular flexibility index (Phi) is 3.39. The highest BCUT2D eigenvalue weighted by atomic mass is 16.6. The summed E-state index contributed by atoms with van der Waals surface area (Å²) in [6.45, 7) is 2.01. The van der Waals surface area contributed by atoms with E-state index in [2.05, 4.69) is 4.74 Å². The Morgan fingerprint density at radius 1 is 1.27 bits per heavy atom.